The Morgan fingerprint density at radius 3 is 2.61 bits per heavy atom. The molecule has 2 aliphatic heterocycles. The van der Waals surface area contributed by atoms with Gasteiger partial charge in [-0.25, -0.2) is 4.98 Å². The maximum absolute atomic E-state index is 11.5. The van der Waals surface area contributed by atoms with Crippen LogP contribution in [0.1, 0.15) is 56.8 Å². The van der Waals surface area contributed by atoms with Gasteiger partial charge < -0.3 is 20.2 Å². The molecule has 0 bridgehead atoms. The number of rotatable bonds is 7. The van der Waals surface area contributed by atoms with Gasteiger partial charge in [0.2, 0.25) is 5.95 Å². The Morgan fingerprint density at radius 2 is 1.92 bits per heavy atom. The Hall–Kier alpha value is -2.09. The number of nitrogens with zero attached hydrogens (tertiary/aromatic N) is 4. The van der Waals surface area contributed by atoms with E-state index in [1.807, 2.05) is 32.0 Å². The van der Waals surface area contributed by atoms with Crippen molar-refractivity contribution in [2.24, 2.45) is 17.3 Å². The molecule has 3 fully saturated rings. The topological polar surface area (TPSA) is 81.6 Å². The number of anilines is 2. The maximum atomic E-state index is 11.5. The molecule has 36 heavy (non-hydrogen) atoms. The van der Waals surface area contributed by atoms with Gasteiger partial charge in [0.15, 0.2) is 0 Å². The van der Waals surface area contributed by atoms with Crippen LogP contribution in [0.2, 0.25) is 10.0 Å². The number of hydrogen-bond donors (Lipinski definition) is 2. The van der Waals surface area contributed by atoms with Gasteiger partial charge in [-0.1, -0.05) is 29.3 Å². The van der Waals surface area contributed by atoms with Crippen molar-refractivity contribution >= 4 is 40.9 Å². The number of aryl methyl sites for hydroxylation is 1. The molecule has 0 unspecified atom stereocenters. The van der Waals surface area contributed by atoms with Crippen LogP contribution in [-0.2, 0) is 4.79 Å². The van der Waals surface area contributed by atoms with Crippen LogP contribution in [-0.4, -0.2) is 58.2 Å². The summed E-state index contributed by atoms with van der Waals surface area (Å²) in [6.07, 6.45) is 4.00. The number of carboxylic acid groups (broad SMARTS) is 1. The fraction of sp³-hybridized carbons (Fsp3) is 0.593. The molecule has 1 aliphatic carbocycles. The molecule has 1 aromatic heterocycles. The highest BCUT2D eigenvalue weighted by Crippen LogP contribution is 2.45. The van der Waals surface area contributed by atoms with E-state index in [0.29, 0.717) is 27.9 Å². The van der Waals surface area contributed by atoms with Crippen LogP contribution in [0.5, 0.6) is 0 Å². The fourth-order valence-electron chi connectivity index (χ4n) is 6.06. The molecule has 3 heterocycles. The van der Waals surface area contributed by atoms with Crippen LogP contribution in [0.3, 0.4) is 0 Å². The Labute approximate surface area is 223 Å². The van der Waals surface area contributed by atoms with Crippen LogP contribution >= 0.6 is 23.2 Å². The lowest BCUT2D eigenvalue weighted by atomic mass is 9.65. The summed E-state index contributed by atoms with van der Waals surface area (Å²) in [5, 5.41) is 14.2. The second-order valence-corrected chi connectivity index (χ2v) is 12.1. The minimum atomic E-state index is -0.653. The molecule has 2 atom stereocenters. The van der Waals surface area contributed by atoms with E-state index in [4.69, 9.17) is 33.2 Å². The van der Waals surface area contributed by atoms with Gasteiger partial charge in [0.25, 0.3) is 0 Å². The monoisotopic (exact) mass is 531 g/mol. The van der Waals surface area contributed by atoms with E-state index in [1.54, 1.807) is 6.07 Å². The summed E-state index contributed by atoms with van der Waals surface area (Å²) >= 11 is 12.5. The normalized spacial score (nSPS) is 27.8. The summed E-state index contributed by atoms with van der Waals surface area (Å²) in [5.41, 5.74) is 1.37. The highest BCUT2D eigenvalue weighted by Gasteiger charge is 2.49. The molecular formula is C27H35Cl2N5O2. The second-order valence-electron chi connectivity index (χ2n) is 11.2. The zero-order valence-corrected chi connectivity index (χ0v) is 22.7. The standard InChI is InChI=1S/C27H35Cl2N5O2/c1-16-9-24(31-17(2)22-7-6-20(28)10-23(22)29)32-26(30-16)34-14-19(15-34)18-5-4-8-33(13-18)21-11-27(3,12-21)25(35)36/h6-7,9-10,17-19,21H,4-5,8,11-15H2,1-3H3,(H,35,36)(H,30,31,32)/t17-,18+,21-,27-/m1/s1. The van der Waals surface area contributed by atoms with Crippen LogP contribution in [0.15, 0.2) is 24.3 Å². The van der Waals surface area contributed by atoms with Gasteiger partial charge in [0.05, 0.1) is 11.5 Å². The van der Waals surface area contributed by atoms with Crippen molar-refractivity contribution in [3.8, 4) is 0 Å². The fourth-order valence-corrected chi connectivity index (χ4v) is 6.64. The predicted octanol–water partition coefficient (Wildman–Crippen LogP) is 5.67. The highest BCUT2D eigenvalue weighted by molar-refractivity contribution is 6.35. The Bertz CT molecular complexity index is 1130. The summed E-state index contributed by atoms with van der Waals surface area (Å²) in [7, 11) is 0. The molecule has 194 valence electrons. The molecule has 2 saturated heterocycles. The van der Waals surface area contributed by atoms with E-state index in [9.17, 15) is 9.90 Å². The Kier molecular flexibility index (Phi) is 7.09. The molecule has 2 aromatic rings. The number of aliphatic carboxylic acids is 1. The van der Waals surface area contributed by atoms with Crippen molar-refractivity contribution in [1.82, 2.24) is 14.9 Å². The van der Waals surface area contributed by atoms with Crippen LogP contribution in [0.4, 0.5) is 11.8 Å². The minimum Gasteiger partial charge on any atom is -0.481 e. The number of aromatic nitrogens is 2. The first-order chi connectivity index (χ1) is 17.1. The van der Waals surface area contributed by atoms with E-state index >= 15 is 0 Å². The number of nitrogens with one attached hydrogen (secondary N) is 1. The smallest absolute Gasteiger partial charge is 0.309 e. The largest absolute Gasteiger partial charge is 0.481 e. The van der Waals surface area contributed by atoms with E-state index in [0.717, 1.165) is 62.0 Å². The number of carbonyl (C=O) groups is 1. The molecule has 2 N–H and O–H groups in total. The molecule has 9 heteroatoms. The maximum Gasteiger partial charge on any atom is 0.309 e. The van der Waals surface area contributed by atoms with E-state index in [2.05, 4.69) is 22.0 Å². The van der Waals surface area contributed by atoms with Gasteiger partial charge in [0, 0.05) is 47.5 Å². The van der Waals surface area contributed by atoms with Gasteiger partial charge in [-0.05, 0) is 82.5 Å². The van der Waals surface area contributed by atoms with E-state index < -0.39 is 11.4 Å². The SMILES string of the molecule is Cc1cc(N[C@H](C)c2ccc(Cl)cc2Cl)nc(N2CC([C@H]3CCCN([C@H]4C[C@](C)(C(=O)O)C4)C3)C2)n1. The summed E-state index contributed by atoms with van der Waals surface area (Å²) in [6.45, 7) is 10.1. The van der Waals surface area contributed by atoms with Crippen molar-refractivity contribution in [2.75, 3.05) is 36.4 Å². The van der Waals surface area contributed by atoms with Gasteiger partial charge in [-0.3, -0.25) is 4.79 Å². The van der Waals surface area contributed by atoms with Gasteiger partial charge in [-0.15, -0.1) is 0 Å². The molecule has 0 spiro atoms. The predicted molar refractivity (Wildman–Crippen MR) is 144 cm³/mol. The Balaban J connectivity index is 1.17. The number of piperidine rings is 1. The summed E-state index contributed by atoms with van der Waals surface area (Å²) < 4.78 is 0. The quantitative estimate of drug-likeness (QED) is 0.476. The first-order valence-corrected chi connectivity index (χ1v) is 13.7. The van der Waals surface area contributed by atoms with Crippen LogP contribution < -0.4 is 10.2 Å². The first kappa shape index (κ1) is 25.6. The number of halogens is 2. The first-order valence-electron chi connectivity index (χ1n) is 12.9. The third kappa shape index (κ3) is 5.15. The lowest BCUT2D eigenvalue weighted by Gasteiger charge is -2.52. The summed E-state index contributed by atoms with van der Waals surface area (Å²) in [4.78, 5) is 25.8. The average molecular weight is 533 g/mol. The van der Waals surface area contributed by atoms with Crippen LogP contribution in [0.25, 0.3) is 0 Å². The molecule has 1 saturated carbocycles. The summed E-state index contributed by atoms with van der Waals surface area (Å²) in [5.74, 6) is 2.19. The number of likely N-dealkylation sites (tertiary alicyclic amines) is 1. The lowest BCUT2D eigenvalue weighted by molar-refractivity contribution is -0.158. The number of benzene rings is 1. The van der Waals surface area contributed by atoms with E-state index in [-0.39, 0.29) is 6.04 Å². The average Bonchev–Trinajstić information content (AvgIpc) is 2.75. The molecule has 3 aliphatic rings. The number of hydrogen-bond acceptors (Lipinski definition) is 6. The third-order valence-corrected chi connectivity index (χ3v) is 8.95. The molecule has 0 radical (unpaired) electrons. The molecular weight excluding hydrogens is 497 g/mol. The molecule has 7 nitrogen and oxygen atoms in total. The van der Waals surface area contributed by atoms with Crippen molar-refractivity contribution in [2.45, 2.75) is 58.5 Å². The zero-order chi connectivity index (χ0) is 25.6. The van der Waals surface area contributed by atoms with Gasteiger partial charge in [0.1, 0.15) is 5.82 Å². The molecule has 0 amide bonds. The van der Waals surface area contributed by atoms with Crippen molar-refractivity contribution < 1.29 is 9.90 Å². The summed E-state index contributed by atoms with van der Waals surface area (Å²) in [6, 6.07) is 7.91. The number of carboxylic acids is 1. The zero-order valence-electron chi connectivity index (χ0n) is 21.2. The van der Waals surface area contributed by atoms with Gasteiger partial charge >= 0.3 is 5.97 Å². The molecule has 1 aromatic carbocycles. The van der Waals surface area contributed by atoms with Crippen molar-refractivity contribution in [1.29, 1.82) is 0 Å². The highest BCUT2D eigenvalue weighted by atomic mass is 35.5. The second kappa shape index (κ2) is 9.99. The van der Waals surface area contributed by atoms with Gasteiger partial charge in [-0.2, -0.15) is 4.98 Å². The molecule has 5 rings (SSSR count). The minimum absolute atomic E-state index is 0.0243. The van der Waals surface area contributed by atoms with Crippen LogP contribution in [0, 0.1) is 24.2 Å². The van der Waals surface area contributed by atoms with Crippen molar-refractivity contribution in [3.05, 3.63) is 45.6 Å². The van der Waals surface area contributed by atoms with Crippen molar-refractivity contribution in [3.63, 3.8) is 0 Å². The van der Waals surface area contributed by atoms with E-state index in [1.165, 1.54) is 12.8 Å². The third-order valence-electron chi connectivity index (χ3n) is 8.39. The Morgan fingerprint density at radius 1 is 1.17 bits per heavy atom. The lowest BCUT2D eigenvalue weighted by Crippen LogP contribution is -2.58.